The van der Waals surface area contributed by atoms with Crippen LogP contribution >= 0.6 is 15.9 Å². The van der Waals surface area contributed by atoms with Gasteiger partial charge in [0.15, 0.2) is 5.65 Å². The molecule has 84 valence electrons. The molecule has 1 fully saturated rings. The molecule has 16 heavy (non-hydrogen) atoms. The van der Waals surface area contributed by atoms with Gasteiger partial charge in [-0.3, -0.25) is 4.57 Å². The van der Waals surface area contributed by atoms with Gasteiger partial charge in [0, 0.05) is 17.2 Å². The Hall–Kier alpha value is -1.10. The van der Waals surface area contributed by atoms with Crippen molar-refractivity contribution in [1.29, 1.82) is 0 Å². The van der Waals surface area contributed by atoms with E-state index < -0.39 is 0 Å². The molecule has 1 saturated carbocycles. The normalized spacial score (nSPS) is 15.8. The molecule has 3 rings (SSSR count). The van der Waals surface area contributed by atoms with Gasteiger partial charge in [0.2, 0.25) is 5.95 Å². The summed E-state index contributed by atoms with van der Waals surface area (Å²) >= 11 is 3.39. The molecule has 0 spiro atoms. The Kier molecular flexibility index (Phi) is 2.35. The lowest BCUT2D eigenvalue weighted by Crippen LogP contribution is -2.04. The second-order valence-corrected chi connectivity index (χ2v) is 5.27. The lowest BCUT2D eigenvalue weighted by Gasteiger charge is -2.04. The fourth-order valence-electron chi connectivity index (χ4n) is 1.94. The molecular formula is C11H13BrN4. The van der Waals surface area contributed by atoms with Gasteiger partial charge in [0.1, 0.15) is 5.52 Å². The maximum atomic E-state index is 5.91. The smallest absolute Gasteiger partial charge is 0.202 e. The maximum absolute atomic E-state index is 5.91. The van der Waals surface area contributed by atoms with E-state index in [9.17, 15) is 0 Å². The molecule has 2 aromatic rings. The van der Waals surface area contributed by atoms with E-state index in [1.54, 1.807) is 6.20 Å². The van der Waals surface area contributed by atoms with Gasteiger partial charge < -0.3 is 5.73 Å². The number of aromatic nitrogens is 3. The van der Waals surface area contributed by atoms with Gasteiger partial charge in [-0.1, -0.05) is 12.8 Å². The predicted octanol–water partition coefficient (Wildman–Crippen LogP) is 2.58. The van der Waals surface area contributed by atoms with Crippen LogP contribution in [0.15, 0.2) is 16.7 Å². The van der Waals surface area contributed by atoms with E-state index in [1.807, 2.05) is 10.6 Å². The number of hydrogen-bond donors (Lipinski definition) is 1. The van der Waals surface area contributed by atoms with E-state index in [0.29, 0.717) is 5.95 Å². The van der Waals surface area contributed by atoms with Crippen LogP contribution in [0.1, 0.15) is 19.3 Å². The molecule has 5 heteroatoms. The van der Waals surface area contributed by atoms with Crippen LogP contribution in [0.25, 0.3) is 11.2 Å². The van der Waals surface area contributed by atoms with Crippen molar-refractivity contribution in [1.82, 2.24) is 14.5 Å². The number of nitrogens with two attached hydrogens (primary N) is 1. The number of rotatable bonds is 3. The number of halogens is 1. The number of imidazole rings is 1. The zero-order valence-corrected chi connectivity index (χ0v) is 10.4. The highest BCUT2D eigenvalue weighted by molar-refractivity contribution is 9.10. The average molecular weight is 281 g/mol. The number of fused-ring (bicyclic) bond motifs is 1. The molecule has 0 aliphatic heterocycles. The molecule has 2 N–H and O–H groups in total. The summed E-state index contributed by atoms with van der Waals surface area (Å²) in [6.07, 6.45) is 5.71. The minimum absolute atomic E-state index is 0.571. The Morgan fingerprint density at radius 1 is 1.50 bits per heavy atom. The molecule has 0 aromatic carbocycles. The number of aryl methyl sites for hydroxylation is 1. The third-order valence-corrected chi connectivity index (χ3v) is 3.47. The fraction of sp³-hybridized carbons (Fsp3) is 0.455. The quantitative estimate of drug-likeness (QED) is 0.940. The van der Waals surface area contributed by atoms with Crippen LogP contribution in [0.3, 0.4) is 0 Å². The molecule has 0 bridgehead atoms. The Morgan fingerprint density at radius 2 is 2.31 bits per heavy atom. The Bertz CT molecular complexity index is 530. The van der Waals surface area contributed by atoms with Crippen LogP contribution in [0, 0.1) is 5.92 Å². The van der Waals surface area contributed by atoms with E-state index in [0.717, 1.165) is 28.1 Å². The lowest BCUT2D eigenvalue weighted by atomic mass is 10.3. The van der Waals surface area contributed by atoms with Crippen molar-refractivity contribution in [3.8, 4) is 0 Å². The topological polar surface area (TPSA) is 56.7 Å². The van der Waals surface area contributed by atoms with Gasteiger partial charge in [-0.25, -0.2) is 9.97 Å². The van der Waals surface area contributed by atoms with Crippen LogP contribution in [-0.4, -0.2) is 14.5 Å². The molecule has 4 nitrogen and oxygen atoms in total. The fourth-order valence-corrected chi connectivity index (χ4v) is 2.26. The molecular weight excluding hydrogens is 268 g/mol. The second kappa shape index (κ2) is 3.73. The van der Waals surface area contributed by atoms with Gasteiger partial charge in [-0.15, -0.1) is 0 Å². The number of hydrogen-bond acceptors (Lipinski definition) is 3. The minimum atomic E-state index is 0.571. The van der Waals surface area contributed by atoms with Crippen LogP contribution in [0.5, 0.6) is 0 Å². The monoisotopic (exact) mass is 280 g/mol. The van der Waals surface area contributed by atoms with Crippen molar-refractivity contribution in [2.24, 2.45) is 5.92 Å². The van der Waals surface area contributed by atoms with E-state index in [2.05, 4.69) is 25.9 Å². The van der Waals surface area contributed by atoms with Gasteiger partial charge in [-0.05, 0) is 34.3 Å². The van der Waals surface area contributed by atoms with E-state index in [4.69, 9.17) is 5.73 Å². The van der Waals surface area contributed by atoms with Crippen molar-refractivity contribution in [3.63, 3.8) is 0 Å². The van der Waals surface area contributed by atoms with E-state index in [1.165, 1.54) is 19.3 Å². The highest BCUT2D eigenvalue weighted by Gasteiger charge is 2.21. The summed E-state index contributed by atoms with van der Waals surface area (Å²) in [5, 5.41) is 0. The van der Waals surface area contributed by atoms with E-state index in [-0.39, 0.29) is 0 Å². The molecule has 2 aromatic heterocycles. The van der Waals surface area contributed by atoms with Crippen LogP contribution in [0.2, 0.25) is 0 Å². The zero-order valence-electron chi connectivity index (χ0n) is 8.86. The van der Waals surface area contributed by atoms with Crippen LogP contribution in [-0.2, 0) is 6.54 Å². The number of nitrogens with zero attached hydrogens (tertiary/aromatic N) is 3. The maximum Gasteiger partial charge on any atom is 0.202 e. The first-order valence-corrected chi connectivity index (χ1v) is 6.30. The van der Waals surface area contributed by atoms with Crippen molar-refractivity contribution >= 4 is 33.0 Å². The molecule has 2 heterocycles. The molecule has 0 atom stereocenters. The summed E-state index contributed by atoms with van der Waals surface area (Å²) in [5.74, 6) is 1.47. The first-order valence-electron chi connectivity index (χ1n) is 5.51. The molecule has 0 saturated heterocycles. The molecule has 1 aliphatic rings. The van der Waals surface area contributed by atoms with Gasteiger partial charge >= 0.3 is 0 Å². The highest BCUT2D eigenvalue weighted by Crippen LogP contribution is 2.33. The summed E-state index contributed by atoms with van der Waals surface area (Å²) in [5.41, 5.74) is 7.66. The van der Waals surface area contributed by atoms with Crippen molar-refractivity contribution in [2.45, 2.75) is 25.8 Å². The summed E-state index contributed by atoms with van der Waals surface area (Å²) in [6, 6.07) is 1.95. The number of nitrogen functional groups attached to an aromatic ring is 1. The van der Waals surface area contributed by atoms with Crippen molar-refractivity contribution in [2.75, 3.05) is 5.73 Å². The lowest BCUT2D eigenvalue weighted by molar-refractivity contribution is 0.611. The number of anilines is 1. The summed E-state index contributed by atoms with van der Waals surface area (Å²) in [6.45, 7) is 0.932. The first kappa shape index (κ1) is 10.1. The average Bonchev–Trinajstić information content (AvgIpc) is 3.00. The largest absolute Gasteiger partial charge is 0.369 e. The van der Waals surface area contributed by atoms with Gasteiger partial charge in [-0.2, -0.15) is 0 Å². The zero-order chi connectivity index (χ0) is 11.1. The highest BCUT2D eigenvalue weighted by atomic mass is 79.9. The van der Waals surface area contributed by atoms with Crippen LogP contribution in [0.4, 0.5) is 5.95 Å². The van der Waals surface area contributed by atoms with Crippen LogP contribution < -0.4 is 5.73 Å². The first-order chi connectivity index (χ1) is 7.74. The third-order valence-electron chi connectivity index (χ3n) is 3.04. The summed E-state index contributed by atoms with van der Waals surface area (Å²) < 4.78 is 2.95. The molecule has 1 aliphatic carbocycles. The molecule has 0 amide bonds. The van der Waals surface area contributed by atoms with E-state index >= 15 is 0 Å². The molecule has 0 radical (unpaired) electrons. The third kappa shape index (κ3) is 1.80. The standard InChI is InChI=1S/C11H13BrN4/c12-8-5-9-10(14-6-8)16(11(13)15-9)4-3-7-1-2-7/h5-7H,1-4H2,(H2,13,15). The minimum Gasteiger partial charge on any atom is -0.369 e. The summed E-state index contributed by atoms with van der Waals surface area (Å²) in [7, 11) is 0. The van der Waals surface area contributed by atoms with Crippen molar-refractivity contribution < 1.29 is 0 Å². The van der Waals surface area contributed by atoms with Gasteiger partial charge in [0.05, 0.1) is 0 Å². The Balaban J connectivity index is 1.97. The Labute approximate surface area is 102 Å². The second-order valence-electron chi connectivity index (χ2n) is 4.35. The number of pyridine rings is 1. The molecule has 0 unspecified atom stereocenters. The Morgan fingerprint density at radius 3 is 3.06 bits per heavy atom. The SMILES string of the molecule is Nc1nc2cc(Br)cnc2n1CCC1CC1. The summed E-state index contributed by atoms with van der Waals surface area (Å²) in [4.78, 5) is 8.69. The predicted molar refractivity (Wildman–Crippen MR) is 67.0 cm³/mol. The van der Waals surface area contributed by atoms with Gasteiger partial charge in [0.25, 0.3) is 0 Å². The van der Waals surface area contributed by atoms with Crippen molar-refractivity contribution in [3.05, 3.63) is 16.7 Å².